The van der Waals surface area contributed by atoms with Crippen molar-refractivity contribution in [3.63, 3.8) is 0 Å². The van der Waals surface area contributed by atoms with E-state index in [0.717, 1.165) is 17.7 Å². The van der Waals surface area contributed by atoms with E-state index in [1.807, 2.05) is 11.4 Å². The fourth-order valence-corrected chi connectivity index (χ4v) is 3.00. The Kier molecular flexibility index (Phi) is 5.44. The van der Waals surface area contributed by atoms with Crippen LogP contribution in [0.5, 0.6) is 0 Å². The van der Waals surface area contributed by atoms with E-state index in [2.05, 4.69) is 17.2 Å². The molecule has 0 unspecified atom stereocenters. The van der Waals surface area contributed by atoms with Crippen LogP contribution in [0.3, 0.4) is 0 Å². The van der Waals surface area contributed by atoms with Crippen molar-refractivity contribution in [1.29, 1.82) is 0 Å². The van der Waals surface area contributed by atoms with Crippen molar-refractivity contribution in [2.45, 2.75) is 44.6 Å². The first-order valence-electron chi connectivity index (χ1n) is 6.78. The van der Waals surface area contributed by atoms with Crippen molar-refractivity contribution in [3.8, 4) is 11.8 Å². The molecule has 3 nitrogen and oxygen atoms in total. The highest BCUT2D eigenvalue weighted by molar-refractivity contribution is 7.10. The van der Waals surface area contributed by atoms with Crippen LogP contribution in [0.2, 0.25) is 0 Å². The zero-order chi connectivity index (χ0) is 13.5. The molecule has 0 aliphatic heterocycles. The third-order valence-electron chi connectivity index (χ3n) is 3.25. The quantitative estimate of drug-likeness (QED) is 0.834. The number of rotatable bonds is 3. The summed E-state index contributed by atoms with van der Waals surface area (Å²) in [6.07, 6.45) is 6.38. The molecule has 1 fully saturated rings. The van der Waals surface area contributed by atoms with Crippen LogP contribution in [-0.2, 0) is 0 Å². The molecule has 1 aliphatic carbocycles. The Labute approximate surface area is 118 Å². The minimum atomic E-state index is 0.0124. The summed E-state index contributed by atoms with van der Waals surface area (Å²) in [5.74, 6) is 5.83. The number of nitrogens with one attached hydrogen (secondary N) is 1. The van der Waals surface area contributed by atoms with Crippen molar-refractivity contribution in [2.75, 3.05) is 6.61 Å². The summed E-state index contributed by atoms with van der Waals surface area (Å²) in [5.41, 5.74) is 0.698. The molecule has 1 aromatic heterocycles. The molecule has 2 N–H and O–H groups in total. The SMILES string of the molecule is O=C(NC1CCCCC1)c1csc(C#CCCO)c1. The van der Waals surface area contributed by atoms with E-state index in [0.29, 0.717) is 18.0 Å². The Hall–Kier alpha value is -1.31. The maximum absolute atomic E-state index is 12.1. The number of hydrogen-bond donors (Lipinski definition) is 2. The average molecular weight is 277 g/mol. The first-order valence-corrected chi connectivity index (χ1v) is 7.66. The van der Waals surface area contributed by atoms with E-state index in [-0.39, 0.29) is 12.5 Å². The van der Waals surface area contributed by atoms with Gasteiger partial charge in [0.05, 0.1) is 17.0 Å². The van der Waals surface area contributed by atoms with Gasteiger partial charge in [-0.15, -0.1) is 11.3 Å². The lowest BCUT2D eigenvalue weighted by Crippen LogP contribution is -2.35. The van der Waals surface area contributed by atoms with Gasteiger partial charge in [-0.3, -0.25) is 4.79 Å². The maximum Gasteiger partial charge on any atom is 0.252 e. The molecular weight excluding hydrogens is 258 g/mol. The highest BCUT2D eigenvalue weighted by Crippen LogP contribution is 2.19. The second-order valence-corrected chi connectivity index (χ2v) is 5.69. The predicted molar refractivity (Wildman–Crippen MR) is 77.2 cm³/mol. The lowest BCUT2D eigenvalue weighted by atomic mass is 9.95. The van der Waals surface area contributed by atoms with E-state index in [1.165, 1.54) is 30.6 Å². The van der Waals surface area contributed by atoms with E-state index in [1.54, 1.807) is 0 Å². The molecule has 102 valence electrons. The van der Waals surface area contributed by atoms with Crippen LogP contribution in [0.4, 0.5) is 0 Å². The van der Waals surface area contributed by atoms with Crippen LogP contribution in [-0.4, -0.2) is 23.7 Å². The molecular formula is C15H19NO2S. The second kappa shape index (κ2) is 7.32. The molecule has 0 spiro atoms. The molecule has 0 radical (unpaired) electrons. The summed E-state index contributed by atoms with van der Waals surface area (Å²) in [6, 6.07) is 2.16. The van der Waals surface area contributed by atoms with Gasteiger partial charge in [0.1, 0.15) is 0 Å². The minimum absolute atomic E-state index is 0.0124. The van der Waals surface area contributed by atoms with Crippen LogP contribution in [0, 0.1) is 11.8 Å². The van der Waals surface area contributed by atoms with Gasteiger partial charge in [-0.25, -0.2) is 0 Å². The molecule has 1 saturated carbocycles. The summed E-state index contributed by atoms with van der Waals surface area (Å²) >= 11 is 1.47. The van der Waals surface area contributed by atoms with Crippen LogP contribution >= 0.6 is 11.3 Å². The Morgan fingerprint density at radius 2 is 2.21 bits per heavy atom. The summed E-state index contributed by atoms with van der Waals surface area (Å²) in [7, 11) is 0. The molecule has 2 rings (SSSR count). The monoisotopic (exact) mass is 277 g/mol. The molecule has 4 heteroatoms. The average Bonchev–Trinajstić information content (AvgIpc) is 2.89. The van der Waals surface area contributed by atoms with Crippen molar-refractivity contribution >= 4 is 17.2 Å². The Morgan fingerprint density at radius 3 is 2.95 bits per heavy atom. The second-order valence-electron chi connectivity index (χ2n) is 4.78. The minimum Gasteiger partial charge on any atom is -0.395 e. The predicted octanol–water partition coefficient (Wildman–Crippen LogP) is 2.54. The van der Waals surface area contributed by atoms with Gasteiger partial charge < -0.3 is 10.4 Å². The van der Waals surface area contributed by atoms with Crippen molar-refractivity contribution < 1.29 is 9.90 Å². The summed E-state index contributed by atoms with van der Waals surface area (Å²) in [4.78, 5) is 12.9. The normalized spacial score (nSPS) is 15.6. The zero-order valence-corrected chi connectivity index (χ0v) is 11.8. The molecule has 1 amide bonds. The van der Waals surface area contributed by atoms with Gasteiger partial charge in [-0.1, -0.05) is 31.1 Å². The molecule has 1 aromatic rings. The van der Waals surface area contributed by atoms with Gasteiger partial charge in [0, 0.05) is 17.8 Å². The molecule has 1 heterocycles. The van der Waals surface area contributed by atoms with Crippen LogP contribution in [0.1, 0.15) is 53.8 Å². The highest BCUT2D eigenvalue weighted by atomic mass is 32.1. The van der Waals surface area contributed by atoms with Gasteiger partial charge in [0.2, 0.25) is 0 Å². The topological polar surface area (TPSA) is 49.3 Å². The van der Waals surface area contributed by atoms with E-state index in [4.69, 9.17) is 5.11 Å². The summed E-state index contributed by atoms with van der Waals surface area (Å²) < 4.78 is 0. The van der Waals surface area contributed by atoms with Gasteiger partial charge in [-0.2, -0.15) is 0 Å². The number of aliphatic hydroxyl groups is 1. The Bertz CT molecular complexity index is 478. The molecule has 0 aromatic carbocycles. The smallest absolute Gasteiger partial charge is 0.252 e. The van der Waals surface area contributed by atoms with Gasteiger partial charge in [-0.05, 0) is 18.9 Å². The third-order valence-corrected chi connectivity index (χ3v) is 4.10. The zero-order valence-electron chi connectivity index (χ0n) is 10.9. The van der Waals surface area contributed by atoms with Crippen LogP contribution in [0.25, 0.3) is 0 Å². The van der Waals surface area contributed by atoms with Crippen molar-refractivity contribution in [3.05, 3.63) is 21.9 Å². The fraction of sp³-hybridized carbons (Fsp3) is 0.533. The Balaban J connectivity index is 1.90. The number of amides is 1. The number of aliphatic hydroxyl groups excluding tert-OH is 1. The standard InChI is InChI=1S/C15H19NO2S/c17-9-5-4-8-14-10-12(11-19-14)15(18)16-13-6-2-1-3-7-13/h10-11,13,17H,1-3,5-7,9H2,(H,16,18). The van der Waals surface area contributed by atoms with Crippen molar-refractivity contribution in [1.82, 2.24) is 5.32 Å². The molecule has 0 atom stereocenters. The van der Waals surface area contributed by atoms with E-state index in [9.17, 15) is 4.79 Å². The summed E-state index contributed by atoms with van der Waals surface area (Å²) in [5, 5.41) is 13.6. The number of carbonyl (C=O) groups is 1. The van der Waals surface area contributed by atoms with E-state index >= 15 is 0 Å². The van der Waals surface area contributed by atoms with Gasteiger partial charge in [0.25, 0.3) is 5.91 Å². The largest absolute Gasteiger partial charge is 0.395 e. The molecule has 1 aliphatic rings. The highest BCUT2D eigenvalue weighted by Gasteiger charge is 2.17. The third kappa shape index (κ3) is 4.38. The lowest BCUT2D eigenvalue weighted by molar-refractivity contribution is 0.0928. The number of carbonyl (C=O) groups excluding carboxylic acids is 1. The van der Waals surface area contributed by atoms with Crippen LogP contribution < -0.4 is 5.32 Å². The molecule has 0 saturated heterocycles. The van der Waals surface area contributed by atoms with Crippen LogP contribution in [0.15, 0.2) is 11.4 Å². The Morgan fingerprint density at radius 1 is 1.42 bits per heavy atom. The number of thiophene rings is 1. The first kappa shape index (κ1) is 14.1. The lowest BCUT2D eigenvalue weighted by Gasteiger charge is -2.22. The molecule has 19 heavy (non-hydrogen) atoms. The maximum atomic E-state index is 12.1. The molecule has 0 bridgehead atoms. The summed E-state index contributed by atoms with van der Waals surface area (Å²) in [6.45, 7) is 0.0768. The fourth-order valence-electron chi connectivity index (χ4n) is 2.24. The van der Waals surface area contributed by atoms with Gasteiger partial charge in [0.15, 0.2) is 0 Å². The number of hydrogen-bond acceptors (Lipinski definition) is 3. The van der Waals surface area contributed by atoms with E-state index < -0.39 is 0 Å². The van der Waals surface area contributed by atoms with Gasteiger partial charge >= 0.3 is 0 Å². The van der Waals surface area contributed by atoms with Crippen molar-refractivity contribution in [2.24, 2.45) is 0 Å². The first-order chi connectivity index (χ1) is 9.29.